The number of aromatic nitrogens is 1. The number of ether oxygens (including phenoxy) is 2. The van der Waals surface area contributed by atoms with Crippen LogP contribution >= 0.6 is 27.3 Å². The molecule has 0 radical (unpaired) electrons. The molecule has 7 nitrogen and oxygen atoms in total. The Kier molecular flexibility index (Phi) is 7.40. The summed E-state index contributed by atoms with van der Waals surface area (Å²) >= 11 is 4.62. The van der Waals surface area contributed by atoms with Gasteiger partial charge in [0, 0.05) is 0 Å². The third-order valence-corrected chi connectivity index (χ3v) is 4.77. The van der Waals surface area contributed by atoms with Crippen LogP contribution in [0.25, 0.3) is 0 Å². The zero-order valence-electron chi connectivity index (χ0n) is 14.8. The summed E-state index contributed by atoms with van der Waals surface area (Å²) in [5.74, 6) is 0.922. The SMILES string of the molecule is CCOc1cc(/C=N\NC(=O)c2sc(N)nc2CC)cc(Br)c1OCC. The predicted molar refractivity (Wildman–Crippen MR) is 107 cm³/mol. The van der Waals surface area contributed by atoms with Crippen molar-refractivity contribution in [3.8, 4) is 11.5 Å². The van der Waals surface area contributed by atoms with Crippen molar-refractivity contribution in [2.45, 2.75) is 27.2 Å². The van der Waals surface area contributed by atoms with Gasteiger partial charge in [0.15, 0.2) is 16.6 Å². The molecule has 0 aliphatic rings. The summed E-state index contributed by atoms with van der Waals surface area (Å²) < 4.78 is 12.0. The van der Waals surface area contributed by atoms with Gasteiger partial charge in [0.2, 0.25) is 0 Å². The van der Waals surface area contributed by atoms with E-state index in [0.29, 0.717) is 46.8 Å². The first-order chi connectivity index (χ1) is 12.5. The number of carbonyl (C=O) groups excluding carboxylic acids is 1. The van der Waals surface area contributed by atoms with Gasteiger partial charge in [0.05, 0.1) is 29.6 Å². The number of nitrogens with one attached hydrogen (secondary N) is 1. The van der Waals surface area contributed by atoms with Gasteiger partial charge in [-0.1, -0.05) is 18.3 Å². The van der Waals surface area contributed by atoms with E-state index in [0.717, 1.165) is 21.4 Å². The molecular weight excluding hydrogens is 420 g/mol. The fraction of sp³-hybridized carbons (Fsp3) is 0.353. The van der Waals surface area contributed by atoms with Gasteiger partial charge in [-0.25, -0.2) is 10.4 Å². The molecule has 0 saturated carbocycles. The number of thiazole rings is 1. The average molecular weight is 441 g/mol. The van der Waals surface area contributed by atoms with Crippen molar-refractivity contribution in [1.29, 1.82) is 0 Å². The molecule has 0 unspecified atom stereocenters. The predicted octanol–water partition coefficient (Wildman–Crippen LogP) is 3.61. The maximum Gasteiger partial charge on any atom is 0.283 e. The molecule has 2 rings (SSSR count). The number of hydrogen-bond acceptors (Lipinski definition) is 7. The number of anilines is 1. The second kappa shape index (κ2) is 9.54. The number of carbonyl (C=O) groups is 1. The third-order valence-electron chi connectivity index (χ3n) is 3.26. The zero-order chi connectivity index (χ0) is 19.1. The molecule has 1 aromatic heterocycles. The number of hydrogen-bond donors (Lipinski definition) is 2. The van der Waals surface area contributed by atoms with Gasteiger partial charge in [-0.15, -0.1) is 0 Å². The largest absolute Gasteiger partial charge is 0.490 e. The molecule has 0 bridgehead atoms. The molecule has 9 heteroatoms. The Morgan fingerprint density at radius 3 is 2.73 bits per heavy atom. The quantitative estimate of drug-likeness (QED) is 0.482. The Hall–Kier alpha value is -2.13. The monoisotopic (exact) mass is 440 g/mol. The van der Waals surface area contributed by atoms with Crippen LogP contribution in [0.4, 0.5) is 5.13 Å². The Bertz CT molecular complexity index is 808. The van der Waals surface area contributed by atoms with Crippen molar-refractivity contribution in [2.75, 3.05) is 18.9 Å². The third kappa shape index (κ3) is 4.95. The summed E-state index contributed by atoms with van der Waals surface area (Å²) in [5, 5.41) is 4.39. The lowest BCUT2D eigenvalue weighted by Gasteiger charge is -2.13. The summed E-state index contributed by atoms with van der Waals surface area (Å²) in [6, 6.07) is 3.64. The Morgan fingerprint density at radius 1 is 1.35 bits per heavy atom. The van der Waals surface area contributed by atoms with E-state index in [4.69, 9.17) is 15.2 Å². The number of nitrogens with two attached hydrogens (primary N) is 1. The van der Waals surface area contributed by atoms with Crippen LogP contribution in [0.5, 0.6) is 11.5 Å². The van der Waals surface area contributed by atoms with Crippen LogP contribution in [0.1, 0.15) is 41.7 Å². The van der Waals surface area contributed by atoms with Gasteiger partial charge >= 0.3 is 0 Å². The number of nitrogen functional groups attached to an aromatic ring is 1. The minimum absolute atomic E-state index is 0.331. The molecular formula is C17H21BrN4O3S. The fourth-order valence-electron chi connectivity index (χ4n) is 2.21. The molecule has 140 valence electrons. The van der Waals surface area contributed by atoms with Crippen LogP contribution in [-0.2, 0) is 6.42 Å². The van der Waals surface area contributed by atoms with Crippen molar-refractivity contribution in [2.24, 2.45) is 5.10 Å². The number of benzene rings is 1. The molecule has 3 N–H and O–H groups in total. The van der Waals surface area contributed by atoms with E-state index in [9.17, 15) is 4.79 Å². The van der Waals surface area contributed by atoms with E-state index >= 15 is 0 Å². The molecule has 1 aromatic carbocycles. The van der Waals surface area contributed by atoms with Gasteiger partial charge in [-0.2, -0.15) is 5.10 Å². The highest BCUT2D eigenvalue weighted by molar-refractivity contribution is 9.10. The number of aryl methyl sites for hydroxylation is 1. The topological polar surface area (TPSA) is 98.8 Å². The lowest BCUT2D eigenvalue weighted by molar-refractivity contribution is 0.0958. The molecule has 0 fully saturated rings. The number of halogens is 1. The van der Waals surface area contributed by atoms with Crippen molar-refractivity contribution in [3.05, 3.63) is 32.7 Å². The second-order valence-corrected chi connectivity index (χ2v) is 6.96. The normalized spacial score (nSPS) is 10.9. The van der Waals surface area contributed by atoms with E-state index in [2.05, 4.69) is 31.4 Å². The molecule has 1 heterocycles. The van der Waals surface area contributed by atoms with E-state index in [1.54, 1.807) is 6.07 Å². The Labute approximate surface area is 164 Å². The highest BCUT2D eigenvalue weighted by atomic mass is 79.9. The van der Waals surface area contributed by atoms with Crippen LogP contribution in [0, 0.1) is 0 Å². The van der Waals surface area contributed by atoms with Gasteiger partial charge in [0.25, 0.3) is 5.91 Å². The minimum Gasteiger partial charge on any atom is -0.490 e. The van der Waals surface area contributed by atoms with Gasteiger partial charge < -0.3 is 15.2 Å². The van der Waals surface area contributed by atoms with E-state index in [-0.39, 0.29) is 5.91 Å². The molecule has 2 aromatic rings. The second-order valence-electron chi connectivity index (χ2n) is 5.08. The summed E-state index contributed by atoms with van der Waals surface area (Å²) in [6.07, 6.45) is 2.17. The first-order valence-electron chi connectivity index (χ1n) is 8.17. The Morgan fingerprint density at radius 2 is 2.08 bits per heavy atom. The number of amides is 1. The van der Waals surface area contributed by atoms with Crippen molar-refractivity contribution in [1.82, 2.24) is 10.4 Å². The molecule has 26 heavy (non-hydrogen) atoms. The first kappa shape index (κ1) is 20.2. The Balaban J connectivity index is 2.15. The van der Waals surface area contributed by atoms with Crippen LogP contribution < -0.4 is 20.6 Å². The standard InChI is InChI=1S/C17H21BrN4O3S/c1-4-12-15(26-17(19)21-12)16(23)22-20-9-10-7-11(18)14(25-6-3)13(8-10)24-5-2/h7-9H,4-6H2,1-3H3,(H2,19,21)(H,22,23)/b20-9-. The van der Waals surface area contributed by atoms with Crippen molar-refractivity contribution < 1.29 is 14.3 Å². The van der Waals surface area contributed by atoms with Crippen LogP contribution in [0.15, 0.2) is 21.7 Å². The van der Waals surface area contributed by atoms with Gasteiger partial charge in [-0.05, 0) is 53.9 Å². The average Bonchev–Trinajstić information content (AvgIpc) is 2.99. The molecule has 0 aliphatic carbocycles. The lowest BCUT2D eigenvalue weighted by atomic mass is 10.2. The van der Waals surface area contributed by atoms with Crippen molar-refractivity contribution >= 4 is 44.5 Å². The van der Waals surface area contributed by atoms with Crippen LogP contribution in [-0.4, -0.2) is 30.3 Å². The van der Waals surface area contributed by atoms with Gasteiger partial charge in [0.1, 0.15) is 4.88 Å². The smallest absolute Gasteiger partial charge is 0.283 e. The first-order valence-corrected chi connectivity index (χ1v) is 9.78. The number of nitrogens with zero attached hydrogens (tertiary/aromatic N) is 2. The fourth-order valence-corrected chi connectivity index (χ4v) is 3.60. The van der Waals surface area contributed by atoms with Gasteiger partial charge in [-0.3, -0.25) is 4.79 Å². The zero-order valence-corrected chi connectivity index (χ0v) is 17.2. The summed E-state index contributed by atoms with van der Waals surface area (Å²) in [4.78, 5) is 16.9. The van der Waals surface area contributed by atoms with E-state index in [1.165, 1.54) is 6.21 Å². The highest BCUT2D eigenvalue weighted by Gasteiger charge is 2.15. The van der Waals surface area contributed by atoms with E-state index < -0.39 is 0 Å². The summed E-state index contributed by atoms with van der Waals surface area (Å²) in [6.45, 7) is 6.76. The maximum atomic E-state index is 12.2. The molecule has 0 atom stereocenters. The number of rotatable bonds is 8. The molecule has 0 aliphatic heterocycles. The highest BCUT2D eigenvalue weighted by Crippen LogP contribution is 2.36. The summed E-state index contributed by atoms with van der Waals surface area (Å²) in [7, 11) is 0. The molecule has 0 saturated heterocycles. The lowest BCUT2D eigenvalue weighted by Crippen LogP contribution is -2.17. The van der Waals surface area contributed by atoms with Crippen LogP contribution in [0.3, 0.4) is 0 Å². The molecule has 0 spiro atoms. The van der Waals surface area contributed by atoms with E-state index in [1.807, 2.05) is 26.8 Å². The minimum atomic E-state index is -0.331. The maximum absolute atomic E-state index is 12.2. The molecule has 1 amide bonds. The van der Waals surface area contributed by atoms with Crippen LogP contribution in [0.2, 0.25) is 0 Å². The summed E-state index contributed by atoms with van der Waals surface area (Å²) in [5.41, 5.74) is 9.60. The van der Waals surface area contributed by atoms with Crippen molar-refractivity contribution in [3.63, 3.8) is 0 Å². The number of hydrazone groups is 1.